The van der Waals surface area contributed by atoms with E-state index < -0.39 is 5.91 Å². The number of hydrogen-bond acceptors (Lipinski definition) is 5. The molecule has 1 N–H and O–H groups in total. The molecule has 1 amide bonds. The highest BCUT2D eigenvalue weighted by atomic mass is 79.9. The fraction of sp³-hybridized carbons (Fsp3) is 0.111. The molecule has 0 saturated heterocycles. The van der Waals surface area contributed by atoms with E-state index in [1.165, 1.54) is 27.7 Å². The fourth-order valence-corrected chi connectivity index (χ4v) is 3.40. The molecule has 0 aliphatic heterocycles. The van der Waals surface area contributed by atoms with Crippen molar-refractivity contribution in [3.8, 4) is 11.4 Å². The predicted molar refractivity (Wildman–Crippen MR) is 107 cm³/mol. The Morgan fingerprint density at radius 1 is 1.38 bits per heavy atom. The first kappa shape index (κ1) is 19.3. The molecule has 29 heavy (non-hydrogen) atoms. The Hall–Kier alpha value is -2.98. The van der Waals surface area contributed by atoms with Crippen LogP contribution in [0.3, 0.4) is 0 Å². The molecule has 148 valence electrons. The van der Waals surface area contributed by atoms with Gasteiger partial charge in [0.25, 0.3) is 5.91 Å². The van der Waals surface area contributed by atoms with Gasteiger partial charge >= 0.3 is 0 Å². The van der Waals surface area contributed by atoms with Crippen molar-refractivity contribution in [3.05, 3.63) is 69.4 Å². The van der Waals surface area contributed by atoms with Crippen molar-refractivity contribution in [1.29, 1.82) is 0 Å². The van der Waals surface area contributed by atoms with E-state index in [4.69, 9.17) is 16.1 Å². The number of amides is 1. The largest absolute Gasteiger partial charge is 0.350 e. The molecule has 1 aromatic carbocycles. The van der Waals surface area contributed by atoms with E-state index in [0.29, 0.717) is 26.4 Å². The molecule has 11 heteroatoms. The lowest BCUT2D eigenvalue weighted by Gasteiger charge is -2.03. The lowest BCUT2D eigenvalue weighted by atomic mass is 10.2. The fourth-order valence-electron chi connectivity index (χ4n) is 2.73. The van der Waals surface area contributed by atoms with E-state index in [0.717, 1.165) is 0 Å². The zero-order chi connectivity index (χ0) is 20.5. The van der Waals surface area contributed by atoms with Gasteiger partial charge in [0.2, 0.25) is 5.76 Å². The Kier molecular flexibility index (Phi) is 5.20. The molecule has 3 heterocycles. The van der Waals surface area contributed by atoms with Gasteiger partial charge in [0.1, 0.15) is 17.2 Å². The number of nitrogens with one attached hydrogen (secondary N) is 1. The van der Waals surface area contributed by atoms with Crippen LogP contribution in [-0.4, -0.2) is 30.6 Å². The number of hydrogen-bond donors (Lipinski definition) is 1. The molecule has 0 fully saturated rings. The van der Waals surface area contributed by atoms with E-state index in [1.807, 2.05) is 0 Å². The molecule has 0 atom stereocenters. The standard InChI is InChI=1S/C18H13BrClFN6O2/c1-26-16(12(20)7-22-26)14-6-15(29-25-14)18(28)23-17-11(19)9-27(24-17)8-10-4-2-3-5-13(10)21/h2-7,9H,8H2,1H3,(H,23,24,28). The van der Waals surface area contributed by atoms with Crippen LogP contribution in [0.5, 0.6) is 0 Å². The van der Waals surface area contributed by atoms with E-state index in [2.05, 4.69) is 36.6 Å². The lowest BCUT2D eigenvalue weighted by molar-refractivity contribution is 0.0987. The number of benzene rings is 1. The molecule has 0 spiro atoms. The Balaban J connectivity index is 1.51. The maximum absolute atomic E-state index is 13.8. The van der Waals surface area contributed by atoms with Gasteiger partial charge < -0.3 is 9.84 Å². The van der Waals surface area contributed by atoms with Crippen molar-refractivity contribution in [1.82, 2.24) is 24.7 Å². The van der Waals surface area contributed by atoms with E-state index in [-0.39, 0.29) is 23.9 Å². The molecule has 0 bridgehead atoms. The summed E-state index contributed by atoms with van der Waals surface area (Å²) in [7, 11) is 1.70. The number of carbonyl (C=O) groups excluding carboxylic acids is 1. The summed E-state index contributed by atoms with van der Waals surface area (Å²) in [6.45, 7) is 0.215. The second kappa shape index (κ2) is 7.80. The number of rotatable bonds is 5. The lowest BCUT2D eigenvalue weighted by Crippen LogP contribution is -2.12. The first-order valence-electron chi connectivity index (χ1n) is 8.34. The summed E-state index contributed by atoms with van der Waals surface area (Å²) >= 11 is 9.43. The Morgan fingerprint density at radius 2 is 2.17 bits per heavy atom. The van der Waals surface area contributed by atoms with Crippen LogP contribution in [0.4, 0.5) is 10.2 Å². The smallest absolute Gasteiger partial charge is 0.295 e. The summed E-state index contributed by atoms with van der Waals surface area (Å²) < 4.78 is 22.5. The molecule has 0 aliphatic carbocycles. The Bertz CT molecular complexity index is 1180. The van der Waals surface area contributed by atoms with Gasteiger partial charge in [0, 0.05) is 24.9 Å². The minimum absolute atomic E-state index is 0.0205. The van der Waals surface area contributed by atoms with Crippen LogP contribution in [0.1, 0.15) is 16.1 Å². The van der Waals surface area contributed by atoms with Gasteiger partial charge in [-0.15, -0.1) is 0 Å². The summed E-state index contributed by atoms with van der Waals surface area (Å²) in [6, 6.07) is 7.88. The van der Waals surface area contributed by atoms with Crippen molar-refractivity contribution in [2.24, 2.45) is 7.05 Å². The normalized spacial score (nSPS) is 11.0. The number of anilines is 1. The van der Waals surface area contributed by atoms with Crippen LogP contribution in [0, 0.1) is 5.82 Å². The summed E-state index contributed by atoms with van der Waals surface area (Å²) in [5.74, 6) is -0.623. The molecule has 4 aromatic rings. The van der Waals surface area contributed by atoms with Crippen LogP contribution in [0.15, 0.2) is 51.7 Å². The zero-order valence-electron chi connectivity index (χ0n) is 14.9. The Labute approximate surface area is 177 Å². The first-order chi connectivity index (χ1) is 13.9. The van der Waals surface area contributed by atoms with Crippen LogP contribution >= 0.6 is 27.5 Å². The molecule has 8 nitrogen and oxygen atoms in total. The van der Waals surface area contributed by atoms with Gasteiger partial charge in [-0.25, -0.2) is 4.39 Å². The first-order valence-corrected chi connectivity index (χ1v) is 9.51. The minimum Gasteiger partial charge on any atom is -0.350 e. The van der Waals surface area contributed by atoms with Gasteiger partial charge in [0.15, 0.2) is 5.82 Å². The van der Waals surface area contributed by atoms with Gasteiger partial charge in [-0.1, -0.05) is 35.0 Å². The monoisotopic (exact) mass is 478 g/mol. The summed E-state index contributed by atoms with van der Waals surface area (Å²) in [5, 5.41) is 15.2. The van der Waals surface area contributed by atoms with Crippen molar-refractivity contribution in [3.63, 3.8) is 0 Å². The van der Waals surface area contributed by atoms with E-state index in [1.54, 1.807) is 31.4 Å². The van der Waals surface area contributed by atoms with Crippen LogP contribution in [-0.2, 0) is 13.6 Å². The molecule has 0 radical (unpaired) electrons. The van der Waals surface area contributed by atoms with Crippen molar-refractivity contribution in [2.75, 3.05) is 5.32 Å². The molecular weight excluding hydrogens is 467 g/mol. The molecule has 4 rings (SSSR count). The average Bonchev–Trinajstić information content (AvgIpc) is 3.37. The zero-order valence-corrected chi connectivity index (χ0v) is 17.3. The predicted octanol–water partition coefficient (Wildman–Crippen LogP) is 4.13. The average molecular weight is 480 g/mol. The van der Waals surface area contributed by atoms with Crippen molar-refractivity contribution < 1.29 is 13.7 Å². The van der Waals surface area contributed by atoms with Crippen LogP contribution in [0.2, 0.25) is 5.02 Å². The number of carbonyl (C=O) groups is 1. The maximum atomic E-state index is 13.8. The third-order valence-corrected chi connectivity index (χ3v) is 4.97. The van der Waals surface area contributed by atoms with Crippen LogP contribution in [0.25, 0.3) is 11.4 Å². The number of nitrogens with zero attached hydrogens (tertiary/aromatic N) is 5. The second-order valence-corrected chi connectivity index (χ2v) is 7.37. The maximum Gasteiger partial charge on any atom is 0.295 e. The summed E-state index contributed by atoms with van der Waals surface area (Å²) in [5.41, 5.74) is 1.39. The highest BCUT2D eigenvalue weighted by Gasteiger charge is 2.20. The third-order valence-electron chi connectivity index (χ3n) is 4.11. The SMILES string of the molecule is Cn1ncc(Cl)c1-c1cc(C(=O)Nc2nn(Cc3ccccc3F)cc2Br)on1. The van der Waals surface area contributed by atoms with Crippen LogP contribution < -0.4 is 5.32 Å². The molecular formula is C18H13BrClFN6O2. The van der Waals surface area contributed by atoms with E-state index >= 15 is 0 Å². The quantitative estimate of drug-likeness (QED) is 0.465. The topological polar surface area (TPSA) is 90.8 Å². The molecule has 3 aromatic heterocycles. The number of halogens is 3. The summed E-state index contributed by atoms with van der Waals surface area (Å²) in [4.78, 5) is 12.5. The molecule has 0 aliphatic rings. The second-order valence-electron chi connectivity index (χ2n) is 6.11. The minimum atomic E-state index is -0.543. The Morgan fingerprint density at radius 3 is 2.90 bits per heavy atom. The molecule has 0 unspecified atom stereocenters. The van der Waals surface area contributed by atoms with Gasteiger partial charge in [-0.2, -0.15) is 10.2 Å². The number of aromatic nitrogens is 5. The van der Waals surface area contributed by atoms with Gasteiger partial charge in [0.05, 0.1) is 22.2 Å². The third kappa shape index (κ3) is 3.94. The van der Waals surface area contributed by atoms with Crippen molar-refractivity contribution >= 4 is 39.3 Å². The van der Waals surface area contributed by atoms with Crippen molar-refractivity contribution in [2.45, 2.75) is 6.54 Å². The molecule has 0 saturated carbocycles. The van der Waals surface area contributed by atoms with Gasteiger partial charge in [-0.05, 0) is 22.0 Å². The summed E-state index contributed by atoms with van der Waals surface area (Å²) in [6.07, 6.45) is 3.12. The van der Waals surface area contributed by atoms with Gasteiger partial charge in [-0.3, -0.25) is 14.2 Å². The number of aryl methyl sites for hydroxylation is 1. The highest BCUT2D eigenvalue weighted by Crippen LogP contribution is 2.27. The van der Waals surface area contributed by atoms with E-state index in [9.17, 15) is 9.18 Å². The highest BCUT2D eigenvalue weighted by molar-refractivity contribution is 9.10.